The van der Waals surface area contributed by atoms with E-state index in [0.717, 1.165) is 17.1 Å². The highest BCUT2D eigenvalue weighted by molar-refractivity contribution is 5.80. The van der Waals surface area contributed by atoms with Crippen LogP contribution in [0.1, 0.15) is 18.4 Å². The number of carbonyl (C=O) groups is 2. The Balaban J connectivity index is 1.58. The number of hydrogen-bond donors (Lipinski definition) is 2. The average molecular weight is 525 g/mol. The van der Waals surface area contributed by atoms with Crippen molar-refractivity contribution in [3.8, 4) is 5.95 Å². The van der Waals surface area contributed by atoms with Gasteiger partial charge in [0.05, 0.1) is 17.5 Å². The number of aliphatic carboxylic acids is 1. The summed E-state index contributed by atoms with van der Waals surface area (Å²) < 4.78 is 29.1. The van der Waals surface area contributed by atoms with Crippen molar-refractivity contribution < 1.29 is 23.5 Å². The van der Waals surface area contributed by atoms with Gasteiger partial charge in [0.15, 0.2) is 0 Å². The molecule has 0 bridgehead atoms. The predicted molar refractivity (Wildman–Crippen MR) is 136 cm³/mol. The van der Waals surface area contributed by atoms with E-state index in [2.05, 4.69) is 25.3 Å². The van der Waals surface area contributed by atoms with Crippen LogP contribution in [0.2, 0.25) is 0 Å². The third-order valence-electron chi connectivity index (χ3n) is 5.82. The Hall–Kier alpha value is -4.68. The number of amides is 1. The van der Waals surface area contributed by atoms with Crippen LogP contribution in [0.5, 0.6) is 0 Å². The van der Waals surface area contributed by atoms with Crippen molar-refractivity contribution in [3.63, 3.8) is 0 Å². The third-order valence-corrected chi connectivity index (χ3v) is 5.82. The van der Waals surface area contributed by atoms with Gasteiger partial charge in [0, 0.05) is 51.8 Å². The van der Waals surface area contributed by atoms with Gasteiger partial charge in [0.2, 0.25) is 23.8 Å². The summed E-state index contributed by atoms with van der Waals surface area (Å²) in [5.41, 5.74) is 1.75. The molecule has 13 heteroatoms. The summed E-state index contributed by atoms with van der Waals surface area (Å²) in [6.07, 6.45) is 1.26. The van der Waals surface area contributed by atoms with Crippen LogP contribution in [0, 0.1) is 11.6 Å². The number of likely N-dealkylation sites (N-methyl/N-ethyl adjacent to an activating group) is 2. The number of benzene rings is 2. The normalized spacial score (nSPS) is 10.9. The van der Waals surface area contributed by atoms with Crippen LogP contribution >= 0.6 is 0 Å². The average Bonchev–Trinajstić information content (AvgIpc) is 3.33. The van der Waals surface area contributed by atoms with Crippen LogP contribution in [0.3, 0.4) is 0 Å². The fourth-order valence-corrected chi connectivity index (χ4v) is 3.60. The van der Waals surface area contributed by atoms with Crippen LogP contribution < -0.4 is 10.2 Å². The lowest BCUT2D eigenvalue weighted by Crippen LogP contribution is -2.35. The highest BCUT2D eigenvalue weighted by Crippen LogP contribution is 2.19. The fraction of sp³-hybridized carbons (Fsp3) is 0.280. The highest BCUT2D eigenvalue weighted by Gasteiger charge is 2.16. The van der Waals surface area contributed by atoms with Gasteiger partial charge >= 0.3 is 5.97 Å². The largest absolute Gasteiger partial charge is 0.481 e. The van der Waals surface area contributed by atoms with E-state index in [4.69, 9.17) is 5.11 Å². The first-order valence-electron chi connectivity index (χ1n) is 11.7. The number of nitrogens with one attached hydrogen (secondary N) is 1. The lowest BCUT2D eigenvalue weighted by atomic mass is 10.2. The topological polar surface area (TPSA) is 129 Å². The quantitative estimate of drug-likeness (QED) is 0.304. The van der Waals surface area contributed by atoms with Gasteiger partial charge in [-0.2, -0.15) is 15.0 Å². The molecule has 0 spiro atoms. The number of para-hydroxylation sites is 2. The Bertz CT molecular complexity index is 1460. The molecule has 4 rings (SSSR count). The van der Waals surface area contributed by atoms with Crippen LogP contribution in [-0.4, -0.2) is 73.6 Å². The first-order chi connectivity index (χ1) is 18.2. The number of rotatable bonds is 11. The summed E-state index contributed by atoms with van der Waals surface area (Å²) in [4.78, 5) is 44.0. The molecule has 0 aliphatic rings. The zero-order valence-corrected chi connectivity index (χ0v) is 20.8. The van der Waals surface area contributed by atoms with Gasteiger partial charge in [-0.25, -0.2) is 13.8 Å². The molecule has 0 aliphatic carbocycles. The number of fused-ring (bicyclic) bond motifs is 1. The third kappa shape index (κ3) is 6.35. The van der Waals surface area contributed by atoms with E-state index in [0.29, 0.717) is 13.1 Å². The van der Waals surface area contributed by atoms with Gasteiger partial charge in [0.25, 0.3) is 0 Å². The number of anilines is 2. The summed E-state index contributed by atoms with van der Waals surface area (Å²) in [6, 6.07) is 10.8. The Labute approximate surface area is 216 Å². The maximum atomic E-state index is 14.2. The minimum Gasteiger partial charge on any atom is -0.481 e. The van der Waals surface area contributed by atoms with E-state index in [1.165, 1.54) is 17.0 Å². The van der Waals surface area contributed by atoms with Gasteiger partial charge in [-0.05, 0) is 18.2 Å². The zero-order chi connectivity index (χ0) is 27.2. The van der Waals surface area contributed by atoms with Crippen LogP contribution in [-0.2, 0) is 16.1 Å². The van der Waals surface area contributed by atoms with E-state index in [1.807, 2.05) is 24.3 Å². The summed E-state index contributed by atoms with van der Waals surface area (Å²) in [5, 5.41) is 11.8. The lowest BCUT2D eigenvalue weighted by molar-refractivity contribution is -0.140. The molecule has 0 aliphatic heterocycles. The van der Waals surface area contributed by atoms with Crippen molar-refractivity contribution in [1.29, 1.82) is 0 Å². The van der Waals surface area contributed by atoms with Gasteiger partial charge in [-0.1, -0.05) is 18.2 Å². The molecule has 2 aromatic heterocycles. The van der Waals surface area contributed by atoms with Gasteiger partial charge in [-0.15, -0.1) is 0 Å². The predicted octanol–water partition coefficient (Wildman–Crippen LogP) is 2.86. The number of carboxylic acid groups (broad SMARTS) is 1. The minimum atomic E-state index is -1.03. The molecular formula is C25H26F2N8O3. The lowest BCUT2D eigenvalue weighted by Gasteiger charge is -2.23. The molecule has 0 radical (unpaired) electrons. The fourth-order valence-electron chi connectivity index (χ4n) is 3.60. The number of carboxylic acids is 1. The van der Waals surface area contributed by atoms with Crippen molar-refractivity contribution in [2.24, 2.45) is 0 Å². The standard InChI is InChI=1S/C25H26F2N8O3/c1-33(21(36)9-10-22(37)38)11-12-34(2)24-30-23(28-14-16-7-8-17(26)13-18(16)27)31-25(32-24)35-15-29-19-5-3-4-6-20(19)35/h3-8,13,15H,9-12,14H2,1-2H3,(H,37,38)(H,28,30,31,32). The molecule has 1 amide bonds. The first-order valence-corrected chi connectivity index (χ1v) is 11.7. The monoisotopic (exact) mass is 524 g/mol. The van der Waals surface area contributed by atoms with Gasteiger partial charge < -0.3 is 20.2 Å². The maximum Gasteiger partial charge on any atom is 0.303 e. The number of aromatic nitrogens is 5. The Kier molecular flexibility index (Phi) is 8.04. The van der Waals surface area contributed by atoms with Gasteiger partial charge in [-0.3, -0.25) is 14.2 Å². The Morgan fingerprint density at radius 1 is 1.03 bits per heavy atom. The molecule has 4 aromatic rings. The Morgan fingerprint density at radius 2 is 1.82 bits per heavy atom. The smallest absolute Gasteiger partial charge is 0.303 e. The molecule has 0 unspecified atom stereocenters. The number of nitrogens with zero attached hydrogens (tertiary/aromatic N) is 7. The van der Waals surface area contributed by atoms with Crippen molar-refractivity contribution in [2.45, 2.75) is 19.4 Å². The minimum absolute atomic E-state index is 0.00418. The molecule has 2 aromatic carbocycles. The molecular weight excluding hydrogens is 498 g/mol. The second-order valence-corrected chi connectivity index (χ2v) is 8.58. The van der Waals surface area contributed by atoms with Gasteiger partial charge in [0.1, 0.15) is 18.0 Å². The van der Waals surface area contributed by atoms with E-state index < -0.39 is 17.6 Å². The Morgan fingerprint density at radius 3 is 2.58 bits per heavy atom. The molecule has 0 saturated carbocycles. The van der Waals surface area contributed by atoms with Crippen LogP contribution in [0.25, 0.3) is 17.0 Å². The van der Waals surface area contributed by atoms with Crippen molar-refractivity contribution in [2.75, 3.05) is 37.4 Å². The second kappa shape index (κ2) is 11.6. The number of hydrogen-bond acceptors (Lipinski definition) is 8. The summed E-state index contributed by atoms with van der Waals surface area (Å²) in [5.74, 6) is -1.98. The van der Waals surface area contributed by atoms with E-state index in [1.54, 1.807) is 29.9 Å². The summed E-state index contributed by atoms with van der Waals surface area (Å²) in [7, 11) is 3.34. The highest BCUT2D eigenvalue weighted by atomic mass is 19.1. The number of halogens is 2. The van der Waals surface area contributed by atoms with Crippen LogP contribution in [0.4, 0.5) is 20.7 Å². The number of imidazole rings is 1. The molecule has 2 heterocycles. The molecule has 38 heavy (non-hydrogen) atoms. The molecule has 0 saturated heterocycles. The van der Waals surface area contributed by atoms with E-state index in [-0.39, 0.29) is 48.7 Å². The van der Waals surface area contributed by atoms with E-state index >= 15 is 0 Å². The molecule has 198 valence electrons. The van der Waals surface area contributed by atoms with Crippen molar-refractivity contribution >= 4 is 34.8 Å². The number of carbonyl (C=O) groups excluding carboxylic acids is 1. The molecule has 11 nitrogen and oxygen atoms in total. The first kappa shape index (κ1) is 26.4. The molecule has 2 N–H and O–H groups in total. The van der Waals surface area contributed by atoms with E-state index in [9.17, 15) is 18.4 Å². The summed E-state index contributed by atoms with van der Waals surface area (Å²) >= 11 is 0. The summed E-state index contributed by atoms with van der Waals surface area (Å²) in [6.45, 7) is 0.646. The molecule has 0 atom stereocenters. The van der Waals surface area contributed by atoms with Crippen molar-refractivity contribution in [1.82, 2.24) is 29.4 Å². The van der Waals surface area contributed by atoms with Crippen molar-refractivity contribution in [3.05, 3.63) is 66.0 Å². The SMILES string of the molecule is CN(CCN(C)c1nc(NCc2ccc(F)cc2F)nc(-n2cnc3ccccc32)n1)C(=O)CCC(=O)O. The maximum absolute atomic E-state index is 14.2. The zero-order valence-electron chi connectivity index (χ0n) is 20.8. The van der Waals surface area contributed by atoms with Crippen LogP contribution in [0.15, 0.2) is 48.8 Å². The molecule has 0 fully saturated rings. The second-order valence-electron chi connectivity index (χ2n) is 8.58.